The van der Waals surface area contributed by atoms with Gasteiger partial charge in [-0.25, -0.2) is 4.39 Å². The summed E-state index contributed by atoms with van der Waals surface area (Å²) in [7, 11) is 1.41. The molecular formula is C26H41FO5. The van der Waals surface area contributed by atoms with E-state index in [0.717, 1.165) is 38.5 Å². The summed E-state index contributed by atoms with van der Waals surface area (Å²) in [6, 6.07) is 0. The second-order valence-corrected chi connectivity index (χ2v) is 10.2. The summed E-state index contributed by atoms with van der Waals surface area (Å²) >= 11 is 0. The Labute approximate surface area is 192 Å². The minimum atomic E-state index is -1.27. The zero-order valence-corrected chi connectivity index (χ0v) is 19.8. The molecule has 1 heterocycles. The average molecular weight is 453 g/mol. The van der Waals surface area contributed by atoms with Gasteiger partial charge in [0.2, 0.25) is 0 Å². The molecule has 2 aliphatic carbocycles. The largest absolute Gasteiger partial charge is 0.491 e. The molecule has 2 N–H and O–H groups in total. The average Bonchev–Trinajstić information content (AvgIpc) is 3.24. The molecule has 3 fully saturated rings. The van der Waals surface area contributed by atoms with E-state index in [1.165, 1.54) is 7.11 Å². The highest BCUT2D eigenvalue weighted by Gasteiger charge is 2.53. The molecule has 2 saturated carbocycles. The second kappa shape index (κ2) is 11.6. The maximum atomic E-state index is 15.4. The number of unbranched alkanes of at least 4 members (excludes halogenated alkanes) is 1. The van der Waals surface area contributed by atoms with Crippen molar-refractivity contribution in [2.75, 3.05) is 7.11 Å². The van der Waals surface area contributed by atoms with E-state index in [2.05, 4.69) is 13.8 Å². The SMILES string of the molecule is CCCC[C@H](C)C[C@H](O)/C=C/[C@@H]1[C@@H]2[C@H](C[C@H]1O)O/C(=C\C1CCCC(C(=O)OC)C1)[C@@H]2F. The van der Waals surface area contributed by atoms with Crippen molar-refractivity contribution in [3.05, 3.63) is 24.0 Å². The topological polar surface area (TPSA) is 76.0 Å². The first-order valence-electron chi connectivity index (χ1n) is 12.5. The van der Waals surface area contributed by atoms with Crippen LogP contribution in [0.1, 0.15) is 71.6 Å². The van der Waals surface area contributed by atoms with Crippen molar-refractivity contribution in [3.8, 4) is 0 Å². The lowest BCUT2D eigenvalue weighted by Crippen LogP contribution is -2.26. The van der Waals surface area contributed by atoms with Gasteiger partial charge in [-0.2, -0.15) is 0 Å². The minimum absolute atomic E-state index is 0.102. The number of ether oxygens (including phenoxy) is 2. The predicted octanol–water partition coefficient (Wildman–Crippen LogP) is 4.72. The Balaban J connectivity index is 1.60. The van der Waals surface area contributed by atoms with E-state index in [4.69, 9.17) is 9.47 Å². The standard InChI is InChI=1S/C26H41FO5/c1-4-5-7-16(2)12-19(28)10-11-20-21(29)15-22-24(20)25(27)23(32-22)14-17-8-6-9-18(13-17)26(30)31-3/h10-11,14,16-22,24-25,28-29H,4-9,12-13,15H2,1-3H3/b11-10+,23-14-/t16-,17?,18?,19+,20-,21+,22-,24+,25-/m0/s1. The Hall–Kier alpha value is -1.40. The fourth-order valence-corrected chi connectivity index (χ4v) is 5.79. The molecule has 3 aliphatic rings. The number of hydrogen-bond acceptors (Lipinski definition) is 5. The van der Waals surface area contributed by atoms with Crippen LogP contribution in [0.25, 0.3) is 0 Å². The van der Waals surface area contributed by atoms with E-state index >= 15 is 4.39 Å². The second-order valence-electron chi connectivity index (χ2n) is 10.2. The molecule has 32 heavy (non-hydrogen) atoms. The van der Waals surface area contributed by atoms with Crippen molar-refractivity contribution in [2.24, 2.45) is 29.6 Å². The van der Waals surface area contributed by atoms with Crippen molar-refractivity contribution in [1.29, 1.82) is 0 Å². The van der Waals surface area contributed by atoms with E-state index in [1.54, 1.807) is 12.2 Å². The van der Waals surface area contributed by atoms with Crippen LogP contribution in [-0.4, -0.2) is 47.8 Å². The molecule has 3 rings (SSSR count). The first-order valence-corrected chi connectivity index (χ1v) is 12.5. The summed E-state index contributed by atoms with van der Waals surface area (Å²) in [5, 5.41) is 20.9. The number of halogens is 1. The van der Waals surface area contributed by atoms with Crippen LogP contribution in [0, 0.1) is 29.6 Å². The first kappa shape index (κ1) is 25.2. The summed E-state index contributed by atoms with van der Waals surface area (Å²) in [6.07, 6.45) is 10.3. The molecule has 9 atom stereocenters. The fraction of sp³-hybridized carbons (Fsp3) is 0.808. The Morgan fingerprint density at radius 3 is 2.84 bits per heavy atom. The molecule has 0 bridgehead atoms. The van der Waals surface area contributed by atoms with Crippen LogP contribution in [0.15, 0.2) is 24.0 Å². The highest BCUT2D eigenvalue weighted by molar-refractivity contribution is 5.72. The number of alkyl halides is 1. The van der Waals surface area contributed by atoms with Crippen LogP contribution in [-0.2, 0) is 14.3 Å². The van der Waals surface area contributed by atoms with Gasteiger partial charge in [0.25, 0.3) is 0 Å². The number of aliphatic hydroxyl groups is 2. The number of fused-ring (bicyclic) bond motifs is 1. The van der Waals surface area contributed by atoms with Crippen LogP contribution in [0.4, 0.5) is 4.39 Å². The third-order valence-corrected chi connectivity index (χ3v) is 7.59. The zero-order chi connectivity index (χ0) is 23.3. The Kier molecular flexibility index (Phi) is 9.18. The van der Waals surface area contributed by atoms with Crippen molar-refractivity contribution in [3.63, 3.8) is 0 Å². The van der Waals surface area contributed by atoms with Crippen LogP contribution in [0.2, 0.25) is 0 Å². The summed E-state index contributed by atoms with van der Waals surface area (Å²) in [5.41, 5.74) is 0. The highest BCUT2D eigenvalue weighted by Crippen LogP contribution is 2.48. The molecule has 1 saturated heterocycles. The van der Waals surface area contributed by atoms with Gasteiger partial charge >= 0.3 is 5.97 Å². The van der Waals surface area contributed by atoms with Gasteiger partial charge in [-0.15, -0.1) is 0 Å². The smallest absolute Gasteiger partial charge is 0.308 e. The van der Waals surface area contributed by atoms with E-state index in [-0.39, 0.29) is 29.8 Å². The van der Waals surface area contributed by atoms with Gasteiger partial charge < -0.3 is 19.7 Å². The molecule has 6 heteroatoms. The van der Waals surface area contributed by atoms with Crippen molar-refractivity contribution < 1.29 is 28.9 Å². The molecule has 2 unspecified atom stereocenters. The van der Waals surface area contributed by atoms with Crippen LogP contribution in [0.3, 0.4) is 0 Å². The number of carbonyl (C=O) groups is 1. The number of esters is 1. The van der Waals surface area contributed by atoms with Gasteiger partial charge in [-0.05, 0) is 43.6 Å². The van der Waals surface area contributed by atoms with E-state index < -0.39 is 24.3 Å². The van der Waals surface area contributed by atoms with Crippen LogP contribution < -0.4 is 0 Å². The van der Waals surface area contributed by atoms with E-state index in [0.29, 0.717) is 30.9 Å². The lowest BCUT2D eigenvalue weighted by Gasteiger charge is -2.26. The molecular weight excluding hydrogens is 411 g/mol. The molecule has 0 aromatic heterocycles. The van der Waals surface area contributed by atoms with Gasteiger partial charge in [0.05, 0.1) is 25.2 Å². The number of hydrogen-bond donors (Lipinski definition) is 2. The summed E-state index contributed by atoms with van der Waals surface area (Å²) in [5.74, 6) is -0.232. The monoisotopic (exact) mass is 452 g/mol. The third kappa shape index (κ3) is 6.13. The van der Waals surface area contributed by atoms with Crippen molar-refractivity contribution in [2.45, 2.75) is 96.1 Å². The van der Waals surface area contributed by atoms with Gasteiger partial charge in [0.15, 0.2) is 6.17 Å². The van der Waals surface area contributed by atoms with E-state index in [9.17, 15) is 15.0 Å². The number of carbonyl (C=O) groups excluding carboxylic acids is 1. The predicted molar refractivity (Wildman–Crippen MR) is 121 cm³/mol. The lowest BCUT2D eigenvalue weighted by molar-refractivity contribution is -0.146. The fourth-order valence-electron chi connectivity index (χ4n) is 5.79. The molecule has 0 amide bonds. The molecule has 1 aliphatic heterocycles. The van der Waals surface area contributed by atoms with Crippen molar-refractivity contribution >= 4 is 5.97 Å². The van der Waals surface area contributed by atoms with Gasteiger partial charge in [0, 0.05) is 18.3 Å². The van der Waals surface area contributed by atoms with Gasteiger partial charge in [0.1, 0.15) is 11.9 Å². The molecule has 0 spiro atoms. The van der Waals surface area contributed by atoms with Crippen LogP contribution in [0.5, 0.6) is 0 Å². The molecule has 5 nitrogen and oxygen atoms in total. The summed E-state index contributed by atoms with van der Waals surface area (Å²) < 4.78 is 26.3. The molecule has 0 aromatic carbocycles. The third-order valence-electron chi connectivity index (χ3n) is 7.59. The maximum absolute atomic E-state index is 15.4. The maximum Gasteiger partial charge on any atom is 0.308 e. The van der Waals surface area contributed by atoms with Crippen LogP contribution >= 0.6 is 0 Å². The summed E-state index contributed by atoms with van der Waals surface area (Å²) in [4.78, 5) is 11.9. The lowest BCUT2D eigenvalue weighted by atomic mass is 9.80. The molecule has 0 radical (unpaired) electrons. The summed E-state index contributed by atoms with van der Waals surface area (Å²) in [6.45, 7) is 4.30. The Bertz CT molecular complexity index is 677. The van der Waals surface area contributed by atoms with E-state index in [1.807, 2.05) is 6.08 Å². The Morgan fingerprint density at radius 2 is 2.12 bits per heavy atom. The van der Waals surface area contributed by atoms with Gasteiger partial charge in [-0.1, -0.05) is 51.7 Å². The number of allylic oxidation sites excluding steroid dienone is 2. The molecule has 182 valence electrons. The number of aliphatic hydroxyl groups excluding tert-OH is 2. The highest BCUT2D eigenvalue weighted by atomic mass is 19.1. The number of rotatable bonds is 9. The Morgan fingerprint density at radius 1 is 1.34 bits per heavy atom. The number of methoxy groups -OCH3 is 1. The quantitative estimate of drug-likeness (QED) is 0.391. The minimum Gasteiger partial charge on any atom is -0.491 e. The first-order chi connectivity index (χ1) is 15.3. The van der Waals surface area contributed by atoms with Crippen molar-refractivity contribution in [1.82, 2.24) is 0 Å². The molecule has 0 aromatic rings. The zero-order valence-electron chi connectivity index (χ0n) is 19.8. The van der Waals surface area contributed by atoms with Gasteiger partial charge in [-0.3, -0.25) is 4.79 Å². The normalized spacial score (nSPS) is 37.9.